The first-order chi connectivity index (χ1) is 15.4. The van der Waals surface area contributed by atoms with E-state index in [9.17, 15) is 19.5 Å². The third-order valence-corrected chi connectivity index (χ3v) is 5.82. The summed E-state index contributed by atoms with van der Waals surface area (Å²) in [5.41, 5.74) is 3.20. The molecule has 0 saturated heterocycles. The summed E-state index contributed by atoms with van der Waals surface area (Å²) in [4.78, 5) is 39.4. The summed E-state index contributed by atoms with van der Waals surface area (Å²) in [5, 5.41) is 14.8. The van der Waals surface area contributed by atoms with E-state index in [0.29, 0.717) is 30.2 Å². The Kier molecular flexibility index (Phi) is 6.20. The van der Waals surface area contributed by atoms with Crippen LogP contribution in [0.5, 0.6) is 0 Å². The molecule has 0 radical (unpaired) electrons. The van der Waals surface area contributed by atoms with E-state index in [0.717, 1.165) is 42.6 Å². The summed E-state index contributed by atoms with van der Waals surface area (Å²) in [5.74, 6) is -0.536. The van der Waals surface area contributed by atoms with Crippen LogP contribution in [0.2, 0.25) is 0 Å². The number of fused-ring (bicyclic) bond motifs is 1. The van der Waals surface area contributed by atoms with Gasteiger partial charge in [0.05, 0.1) is 16.6 Å². The van der Waals surface area contributed by atoms with Crippen molar-refractivity contribution in [1.29, 1.82) is 0 Å². The number of hydrogen-bond donors (Lipinski definition) is 3. The topological polar surface area (TPSA) is 113 Å². The van der Waals surface area contributed by atoms with E-state index < -0.39 is 5.97 Å². The van der Waals surface area contributed by atoms with Gasteiger partial charge in [-0.3, -0.25) is 9.59 Å². The molecule has 0 atom stereocenters. The molecule has 3 N–H and O–H groups in total. The van der Waals surface area contributed by atoms with Crippen molar-refractivity contribution < 1.29 is 19.5 Å². The van der Waals surface area contributed by atoms with E-state index in [1.165, 1.54) is 6.92 Å². The van der Waals surface area contributed by atoms with Gasteiger partial charge in [-0.2, -0.15) is 0 Å². The first-order valence-corrected chi connectivity index (χ1v) is 10.8. The van der Waals surface area contributed by atoms with Gasteiger partial charge in [-0.05, 0) is 43.2 Å². The van der Waals surface area contributed by atoms with Gasteiger partial charge >= 0.3 is 5.97 Å². The Labute approximate surface area is 185 Å². The van der Waals surface area contributed by atoms with Crippen LogP contribution >= 0.6 is 0 Å². The van der Waals surface area contributed by atoms with Gasteiger partial charge in [0.2, 0.25) is 5.91 Å². The molecule has 0 aliphatic heterocycles. The average molecular weight is 434 g/mol. The molecular formula is C24H26N4O4. The van der Waals surface area contributed by atoms with Crippen LogP contribution in [-0.2, 0) is 4.79 Å². The molecule has 32 heavy (non-hydrogen) atoms. The van der Waals surface area contributed by atoms with Crippen LogP contribution < -0.4 is 10.6 Å². The van der Waals surface area contributed by atoms with Gasteiger partial charge in [-0.1, -0.05) is 25.0 Å². The van der Waals surface area contributed by atoms with Crippen molar-refractivity contribution in [3.8, 4) is 11.4 Å². The second-order valence-corrected chi connectivity index (χ2v) is 8.07. The number of imidazole rings is 1. The van der Waals surface area contributed by atoms with Crippen molar-refractivity contribution in [3.63, 3.8) is 0 Å². The number of carboxylic acid groups (broad SMARTS) is 1. The van der Waals surface area contributed by atoms with Crippen LogP contribution in [0.4, 0.5) is 0 Å². The van der Waals surface area contributed by atoms with E-state index in [-0.39, 0.29) is 17.4 Å². The molecule has 4 rings (SSSR count). The Balaban J connectivity index is 1.62. The fraction of sp³-hybridized carbons (Fsp3) is 0.333. The number of nitrogens with zero attached hydrogens (tertiary/aromatic N) is 2. The molecule has 1 aliphatic rings. The number of benzene rings is 2. The summed E-state index contributed by atoms with van der Waals surface area (Å²) in [7, 11) is 0. The van der Waals surface area contributed by atoms with Gasteiger partial charge in [0.25, 0.3) is 5.91 Å². The summed E-state index contributed by atoms with van der Waals surface area (Å²) in [6, 6.07) is 12.6. The van der Waals surface area contributed by atoms with E-state index in [1.807, 2.05) is 18.2 Å². The number of carbonyl (C=O) groups is 3. The highest BCUT2D eigenvalue weighted by atomic mass is 16.4. The van der Waals surface area contributed by atoms with E-state index in [2.05, 4.69) is 15.2 Å². The molecule has 8 heteroatoms. The first kappa shape index (κ1) is 21.5. The predicted octanol–water partition coefficient (Wildman–Crippen LogP) is 3.38. The van der Waals surface area contributed by atoms with Crippen molar-refractivity contribution in [3.05, 3.63) is 53.6 Å². The highest BCUT2D eigenvalue weighted by Gasteiger charge is 2.24. The molecule has 2 amide bonds. The number of hydrogen-bond acceptors (Lipinski definition) is 4. The number of aromatic carboxylic acids is 1. The normalized spacial score (nSPS) is 13.9. The standard InChI is InChI=1S/C24H26N4O4/c1-15(29)25-12-13-26-23(30)17-8-6-16(7-9-17)22-27-20-14-18(24(31)32)10-11-21(20)28(22)19-4-2-3-5-19/h6-11,14,19H,2-5,12-13H2,1H3,(H,25,29)(H,26,30)(H,31,32). The number of amides is 2. The van der Waals surface area contributed by atoms with Crippen molar-refractivity contribution in [2.75, 3.05) is 13.1 Å². The Morgan fingerprint density at radius 1 is 1.00 bits per heavy atom. The molecule has 0 bridgehead atoms. The maximum Gasteiger partial charge on any atom is 0.335 e. The molecule has 8 nitrogen and oxygen atoms in total. The van der Waals surface area contributed by atoms with Gasteiger partial charge in [0, 0.05) is 37.2 Å². The lowest BCUT2D eigenvalue weighted by Crippen LogP contribution is -2.33. The van der Waals surface area contributed by atoms with Crippen LogP contribution in [0.25, 0.3) is 22.4 Å². The van der Waals surface area contributed by atoms with E-state index >= 15 is 0 Å². The van der Waals surface area contributed by atoms with Crippen LogP contribution in [-0.4, -0.2) is 45.5 Å². The van der Waals surface area contributed by atoms with Gasteiger partial charge in [0.15, 0.2) is 0 Å². The second-order valence-electron chi connectivity index (χ2n) is 8.07. The first-order valence-electron chi connectivity index (χ1n) is 10.8. The maximum absolute atomic E-state index is 12.4. The summed E-state index contributed by atoms with van der Waals surface area (Å²) in [6.45, 7) is 2.16. The van der Waals surface area contributed by atoms with Gasteiger partial charge in [-0.15, -0.1) is 0 Å². The Bertz CT molecular complexity index is 1160. The van der Waals surface area contributed by atoms with Gasteiger partial charge in [-0.25, -0.2) is 9.78 Å². The smallest absolute Gasteiger partial charge is 0.335 e. The van der Waals surface area contributed by atoms with Gasteiger partial charge in [0.1, 0.15) is 5.82 Å². The van der Waals surface area contributed by atoms with Crippen molar-refractivity contribution in [2.24, 2.45) is 0 Å². The minimum Gasteiger partial charge on any atom is -0.478 e. The van der Waals surface area contributed by atoms with Crippen molar-refractivity contribution in [1.82, 2.24) is 20.2 Å². The quantitative estimate of drug-likeness (QED) is 0.494. The summed E-state index contributed by atoms with van der Waals surface area (Å²) >= 11 is 0. The van der Waals surface area contributed by atoms with E-state index in [1.54, 1.807) is 24.3 Å². The molecule has 0 spiro atoms. The largest absolute Gasteiger partial charge is 0.478 e. The van der Waals surface area contributed by atoms with Crippen molar-refractivity contribution in [2.45, 2.75) is 38.6 Å². The van der Waals surface area contributed by atoms with Crippen LogP contribution in [0.1, 0.15) is 59.4 Å². The fourth-order valence-corrected chi connectivity index (χ4v) is 4.25. The van der Waals surface area contributed by atoms with Crippen LogP contribution in [0.15, 0.2) is 42.5 Å². The van der Waals surface area contributed by atoms with Crippen LogP contribution in [0.3, 0.4) is 0 Å². The van der Waals surface area contributed by atoms with Crippen LogP contribution in [0, 0.1) is 0 Å². The molecule has 1 aliphatic carbocycles. The minimum absolute atomic E-state index is 0.135. The molecule has 1 saturated carbocycles. The molecule has 0 unspecified atom stereocenters. The predicted molar refractivity (Wildman–Crippen MR) is 121 cm³/mol. The number of carbonyl (C=O) groups excluding carboxylic acids is 2. The monoisotopic (exact) mass is 434 g/mol. The van der Waals surface area contributed by atoms with Crippen molar-refractivity contribution >= 4 is 28.8 Å². The zero-order valence-electron chi connectivity index (χ0n) is 17.9. The highest BCUT2D eigenvalue weighted by molar-refractivity contribution is 5.95. The van der Waals surface area contributed by atoms with E-state index in [4.69, 9.17) is 4.98 Å². The third-order valence-electron chi connectivity index (χ3n) is 5.82. The summed E-state index contributed by atoms with van der Waals surface area (Å²) < 4.78 is 2.22. The lowest BCUT2D eigenvalue weighted by Gasteiger charge is -2.16. The zero-order chi connectivity index (χ0) is 22.7. The Morgan fingerprint density at radius 2 is 1.66 bits per heavy atom. The number of rotatable bonds is 7. The number of aromatic nitrogens is 2. The average Bonchev–Trinajstić information content (AvgIpc) is 3.43. The Hall–Kier alpha value is -3.68. The molecular weight excluding hydrogens is 408 g/mol. The number of carboxylic acids is 1. The second kappa shape index (κ2) is 9.21. The lowest BCUT2D eigenvalue weighted by atomic mass is 10.1. The molecule has 1 aromatic heterocycles. The third kappa shape index (κ3) is 4.49. The lowest BCUT2D eigenvalue weighted by molar-refractivity contribution is -0.118. The highest BCUT2D eigenvalue weighted by Crippen LogP contribution is 2.37. The maximum atomic E-state index is 12.4. The molecule has 166 valence electrons. The Morgan fingerprint density at radius 3 is 2.31 bits per heavy atom. The SMILES string of the molecule is CC(=O)NCCNC(=O)c1ccc(-c2nc3cc(C(=O)O)ccc3n2C2CCCC2)cc1. The number of nitrogens with one attached hydrogen (secondary N) is 2. The molecule has 2 aromatic carbocycles. The zero-order valence-corrected chi connectivity index (χ0v) is 17.9. The molecule has 1 fully saturated rings. The molecule has 1 heterocycles. The minimum atomic E-state index is -0.974. The summed E-state index contributed by atoms with van der Waals surface area (Å²) in [6.07, 6.45) is 4.45. The van der Waals surface area contributed by atoms with Gasteiger partial charge < -0.3 is 20.3 Å². The molecule has 3 aromatic rings. The fourth-order valence-electron chi connectivity index (χ4n) is 4.25.